The summed E-state index contributed by atoms with van der Waals surface area (Å²) in [6.45, 7) is 3.25. The van der Waals surface area contributed by atoms with Gasteiger partial charge in [-0.2, -0.15) is 0 Å². The van der Waals surface area contributed by atoms with Gasteiger partial charge in [-0.1, -0.05) is 12.1 Å². The van der Waals surface area contributed by atoms with Crippen molar-refractivity contribution in [3.8, 4) is 0 Å². The molecule has 5 heteroatoms. The average Bonchev–Trinajstić information content (AvgIpc) is 2.46. The van der Waals surface area contributed by atoms with E-state index in [1.165, 1.54) is 25.1 Å². The lowest BCUT2D eigenvalue weighted by atomic mass is 10.1. The van der Waals surface area contributed by atoms with Crippen LogP contribution in [-0.4, -0.2) is 35.6 Å². The summed E-state index contributed by atoms with van der Waals surface area (Å²) in [5.74, 6) is 0.518. The minimum absolute atomic E-state index is 0.0968. The van der Waals surface area contributed by atoms with Crippen molar-refractivity contribution in [1.82, 2.24) is 4.90 Å². The Hall–Kier alpha value is -1.49. The highest BCUT2D eigenvalue weighted by atomic mass is 32.2. The predicted molar refractivity (Wildman–Crippen MR) is 81.9 cm³/mol. The molecule has 1 aromatic carbocycles. The van der Waals surface area contributed by atoms with Gasteiger partial charge in [0.1, 0.15) is 0 Å². The molecule has 1 N–H and O–H groups in total. The van der Waals surface area contributed by atoms with Gasteiger partial charge in [0.05, 0.1) is 11.4 Å². The highest BCUT2D eigenvalue weighted by molar-refractivity contribution is 8.00. The van der Waals surface area contributed by atoms with Crippen LogP contribution in [0.5, 0.6) is 0 Å². The number of benzene rings is 1. The van der Waals surface area contributed by atoms with Crippen molar-refractivity contribution in [3.05, 3.63) is 24.3 Å². The van der Waals surface area contributed by atoms with Crippen molar-refractivity contribution in [2.75, 3.05) is 24.2 Å². The van der Waals surface area contributed by atoms with Crippen molar-refractivity contribution in [2.45, 2.75) is 31.1 Å². The van der Waals surface area contributed by atoms with Crippen LogP contribution in [-0.2, 0) is 9.59 Å². The number of hydrogen-bond acceptors (Lipinski definition) is 3. The van der Waals surface area contributed by atoms with E-state index in [0.29, 0.717) is 5.75 Å². The minimum atomic E-state index is -0.0968. The zero-order valence-corrected chi connectivity index (χ0v) is 12.5. The first-order chi connectivity index (χ1) is 9.66. The molecule has 1 aliphatic heterocycles. The first-order valence-corrected chi connectivity index (χ1v) is 7.92. The first kappa shape index (κ1) is 14.9. The van der Waals surface area contributed by atoms with E-state index in [-0.39, 0.29) is 11.8 Å². The largest absolute Gasteiger partial charge is 0.342 e. The maximum atomic E-state index is 12.1. The number of carbonyl (C=O) groups is 2. The number of nitrogens with one attached hydrogen (secondary N) is 1. The molecule has 2 rings (SSSR count). The SMILES string of the molecule is CC(=O)Nc1ccccc1SCC(=O)N1CCCCC1. The highest BCUT2D eigenvalue weighted by Crippen LogP contribution is 2.27. The van der Waals surface area contributed by atoms with Crippen molar-refractivity contribution in [2.24, 2.45) is 0 Å². The minimum Gasteiger partial charge on any atom is -0.342 e. The number of rotatable bonds is 4. The lowest BCUT2D eigenvalue weighted by Gasteiger charge is -2.26. The quantitative estimate of drug-likeness (QED) is 0.868. The van der Waals surface area contributed by atoms with E-state index in [4.69, 9.17) is 0 Å². The van der Waals surface area contributed by atoms with Crippen LogP contribution in [0.15, 0.2) is 29.2 Å². The summed E-state index contributed by atoms with van der Waals surface area (Å²) in [7, 11) is 0. The molecule has 0 aromatic heterocycles. The van der Waals surface area contributed by atoms with E-state index in [2.05, 4.69) is 5.32 Å². The molecule has 4 nitrogen and oxygen atoms in total. The van der Waals surface area contributed by atoms with E-state index in [9.17, 15) is 9.59 Å². The Kier molecular flexibility index (Phi) is 5.47. The molecular weight excluding hydrogens is 272 g/mol. The van der Waals surface area contributed by atoms with Gasteiger partial charge in [0.15, 0.2) is 0 Å². The number of amides is 2. The maximum absolute atomic E-state index is 12.1. The van der Waals surface area contributed by atoms with Crippen LogP contribution >= 0.6 is 11.8 Å². The number of carbonyl (C=O) groups excluding carboxylic acids is 2. The summed E-state index contributed by atoms with van der Waals surface area (Å²) in [5.41, 5.74) is 0.774. The molecule has 0 aliphatic carbocycles. The number of para-hydroxylation sites is 1. The van der Waals surface area contributed by atoms with E-state index in [1.54, 1.807) is 0 Å². The van der Waals surface area contributed by atoms with Crippen LogP contribution in [0, 0.1) is 0 Å². The maximum Gasteiger partial charge on any atom is 0.232 e. The third-order valence-electron chi connectivity index (χ3n) is 3.26. The molecule has 1 heterocycles. The Balaban J connectivity index is 1.92. The van der Waals surface area contributed by atoms with Crippen molar-refractivity contribution in [3.63, 3.8) is 0 Å². The fourth-order valence-corrected chi connectivity index (χ4v) is 3.17. The van der Waals surface area contributed by atoms with E-state index < -0.39 is 0 Å². The summed E-state index contributed by atoms with van der Waals surface area (Å²) >= 11 is 1.48. The molecule has 1 fully saturated rings. The lowest BCUT2D eigenvalue weighted by Crippen LogP contribution is -2.36. The van der Waals surface area contributed by atoms with E-state index in [0.717, 1.165) is 36.5 Å². The summed E-state index contributed by atoms with van der Waals surface area (Å²) in [5, 5.41) is 2.79. The Morgan fingerprint density at radius 2 is 1.90 bits per heavy atom. The number of hydrogen-bond donors (Lipinski definition) is 1. The summed E-state index contributed by atoms with van der Waals surface area (Å²) < 4.78 is 0. The van der Waals surface area contributed by atoms with Gasteiger partial charge >= 0.3 is 0 Å². The smallest absolute Gasteiger partial charge is 0.232 e. The van der Waals surface area contributed by atoms with Crippen LogP contribution in [0.25, 0.3) is 0 Å². The number of piperidine rings is 1. The molecule has 1 aliphatic rings. The number of anilines is 1. The second-order valence-electron chi connectivity index (χ2n) is 4.91. The van der Waals surface area contributed by atoms with Gasteiger partial charge in [0, 0.05) is 24.9 Å². The fraction of sp³-hybridized carbons (Fsp3) is 0.467. The van der Waals surface area contributed by atoms with Crippen LogP contribution in [0.2, 0.25) is 0 Å². The molecule has 20 heavy (non-hydrogen) atoms. The molecule has 108 valence electrons. The Labute approximate surface area is 123 Å². The van der Waals surface area contributed by atoms with Gasteiger partial charge in [-0.05, 0) is 31.4 Å². The molecule has 2 amide bonds. The Morgan fingerprint density at radius 1 is 1.20 bits per heavy atom. The summed E-state index contributed by atoms with van der Waals surface area (Å²) in [4.78, 5) is 26.2. The molecule has 0 atom stereocenters. The molecular formula is C15H20N2O2S. The summed E-state index contributed by atoms with van der Waals surface area (Å²) in [6.07, 6.45) is 3.44. The van der Waals surface area contributed by atoms with Crippen LogP contribution in [0.3, 0.4) is 0 Å². The van der Waals surface area contributed by atoms with E-state index in [1.807, 2.05) is 29.2 Å². The zero-order chi connectivity index (χ0) is 14.4. The number of likely N-dealkylation sites (tertiary alicyclic amines) is 1. The van der Waals surface area contributed by atoms with Crippen molar-refractivity contribution in [1.29, 1.82) is 0 Å². The number of nitrogens with zero attached hydrogens (tertiary/aromatic N) is 1. The van der Waals surface area contributed by atoms with Crippen LogP contribution < -0.4 is 5.32 Å². The van der Waals surface area contributed by atoms with E-state index >= 15 is 0 Å². The third-order valence-corrected chi connectivity index (χ3v) is 4.32. The van der Waals surface area contributed by atoms with Gasteiger partial charge in [-0.25, -0.2) is 0 Å². The topological polar surface area (TPSA) is 49.4 Å². The van der Waals surface area contributed by atoms with Crippen LogP contribution in [0.1, 0.15) is 26.2 Å². The normalized spacial score (nSPS) is 14.9. The zero-order valence-electron chi connectivity index (χ0n) is 11.7. The summed E-state index contributed by atoms with van der Waals surface area (Å²) in [6, 6.07) is 7.58. The fourth-order valence-electron chi connectivity index (χ4n) is 2.26. The van der Waals surface area contributed by atoms with Crippen LogP contribution in [0.4, 0.5) is 5.69 Å². The Bertz CT molecular complexity index is 485. The monoisotopic (exact) mass is 292 g/mol. The molecule has 0 radical (unpaired) electrons. The molecule has 1 aromatic rings. The van der Waals surface area contributed by atoms with Gasteiger partial charge in [0.25, 0.3) is 0 Å². The van der Waals surface area contributed by atoms with Gasteiger partial charge in [-0.3, -0.25) is 9.59 Å². The second kappa shape index (κ2) is 7.33. The molecule has 0 bridgehead atoms. The molecule has 0 saturated carbocycles. The van der Waals surface area contributed by atoms with Crippen molar-refractivity contribution >= 4 is 29.3 Å². The molecule has 0 unspecified atom stereocenters. The third kappa shape index (κ3) is 4.27. The molecule has 1 saturated heterocycles. The Morgan fingerprint density at radius 3 is 2.60 bits per heavy atom. The lowest BCUT2D eigenvalue weighted by molar-refractivity contribution is -0.129. The number of thioether (sulfide) groups is 1. The molecule has 0 spiro atoms. The second-order valence-corrected chi connectivity index (χ2v) is 5.92. The van der Waals surface area contributed by atoms with Gasteiger partial charge in [-0.15, -0.1) is 11.8 Å². The average molecular weight is 292 g/mol. The van der Waals surface area contributed by atoms with Crippen molar-refractivity contribution < 1.29 is 9.59 Å². The predicted octanol–water partition coefficient (Wildman–Crippen LogP) is 2.75. The first-order valence-electron chi connectivity index (χ1n) is 6.94. The standard InChI is InChI=1S/C15H20N2O2S/c1-12(18)16-13-7-3-4-8-14(13)20-11-15(19)17-9-5-2-6-10-17/h3-4,7-8H,2,5-6,9-11H2,1H3,(H,16,18). The van der Waals surface area contributed by atoms with Gasteiger partial charge < -0.3 is 10.2 Å². The highest BCUT2D eigenvalue weighted by Gasteiger charge is 2.17. The van der Waals surface area contributed by atoms with Gasteiger partial charge in [0.2, 0.25) is 11.8 Å².